The van der Waals surface area contributed by atoms with E-state index in [0.717, 1.165) is 16.9 Å². The number of anilines is 1. The Morgan fingerprint density at radius 3 is 2.62 bits per heavy atom. The zero-order valence-corrected chi connectivity index (χ0v) is 12.5. The van der Waals surface area contributed by atoms with Gasteiger partial charge in [-0.05, 0) is 42.3 Å². The first-order valence-corrected chi connectivity index (χ1v) is 7.06. The van der Waals surface area contributed by atoms with Gasteiger partial charge in [0, 0.05) is 24.3 Å². The van der Waals surface area contributed by atoms with Gasteiger partial charge < -0.3 is 10.0 Å². The van der Waals surface area contributed by atoms with Crippen molar-refractivity contribution in [2.45, 2.75) is 19.9 Å². The molecule has 21 heavy (non-hydrogen) atoms. The number of halogens is 1. The van der Waals surface area contributed by atoms with Crippen LogP contribution in [0.1, 0.15) is 17.5 Å². The highest BCUT2D eigenvalue weighted by atomic mass is 35.5. The van der Waals surface area contributed by atoms with Crippen LogP contribution in [0, 0.1) is 6.92 Å². The highest BCUT2D eigenvalue weighted by molar-refractivity contribution is 6.30. The third-order valence-electron chi connectivity index (χ3n) is 3.11. The Bertz CT molecular complexity index is 614. The molecule has 0 unspecified atom stereocenters. The minimum Gasteiger partial charge on any atom is -0.481 e. The average Bonchev–Trinajstić information content (AvgIpc) is 2.45. The molecule has 0 atom stereocenters. The highest BCUT2D eigenvalue weighted by Crippen LogP contribution is 2.17. The maximum Gasteiger partial charge on any atom is 0.305 e. The molecular weight excluding hydrogens is 288 g/mol. The minimum atomic E-state index is -0.816. The van der Waals surface area contributed by atoms with Gasteiger partial charge in [0.05, 0.1) is 6.42 Å². The number of carboxylic acid groups (broad SMARTS) is 1. The number of aliphatic carboxylic acids is 1. The van der Waals surface area contributed by atoms with Crippen molar-refractivity contribution >= 4 is 23.4 Å². The molecule has 0 bridgehead atoms. The fraction of sp³-hybridized carbons (Fsp3) is 0.250. The molecule has 2 rings (SSSR count). The lowest BCUT2D eigenvalue weighted by Gasteiger charge is -2.23. The molecule has 0 radical (unpaired) electrons. The molecule has 1 N–H and O–H groups in total. The van der Waals surface area contributed by atoms with Crippen LogP contribution in [0.3, 0.4) is 0 Å². The van der Waals surface area contributed by atoms with E-state index >= 15 is 0 Å². The minimum absolute atomic E-state index is 0.0726. The van der Waals surface area contributed by atoms with Gasteiger partial charge in [0.1, 0.15) is 5.82 Å². The summed E-state index contributed by atoms with van der Waals surface area (Å²) < 4.78 is 0. The van der Waals surface area contributed by atoms with E-state index in [1.54, 1.807) is 6.20 Å². The summed E-state index contributed by atoms with van der Waals surface area (Å²) in [5, 5.41) is 9.59. The molecule has 1 aromatic carbocycles. The van der Waals surface area contributed by atoms with Crippen LogP contribution in [0.5, 0.6) is 0 Å². The van der Waals surface area contributed by atoms with E-state index in [0.29, 0.717) is 18.1 Å². The number of hydrogen-bond donors (Lipinski definition) is 1. The van der Waals surface area contributed by atoms with E-state index in [-0.39, 0.29) is 6.42 Å². The van der Waals surface area contributed by atoms with Crippen LogP contribution in [0.15, 0.2) is 42.6 Å². The molecule has 0 spiro atoms. The Labute approximate surface area is 129 Å². The lowest BCUT2D eigenvalue weighted by molar-refractivity contribution is -0.136. The summed E-state index contributed by atoms with van der Waals surface area (Å²) in [7, 11) is 0. The zero-order valence-electron chi connectivity index (χ0n) is 11.8. The number of aromatic nitrogens is 1. The quantitative estimate of drug-likeness (QED) is 0.887. The first-order chi connectivity index (χ1) is 10.0. The second-order valence-corrected chi connectivity index (χ2v) is 5.32. The summed E-state index contributed by atoms with van der Waals surface area (Å²) in [6, 6.07) is 11.4. The van der Waals surface area contributed by atoms with Gasteiger partial charge >= 0.3 is 5.97 Å². The number of carbonyl (C=O) groups is 1. The summed E-state index contributed by atoms with van der Waals surface area (Å²) in [5.41, 5.74) is 2.16. The molecule has 0 saturated carbocycles. The fourth-order valence-electron chi connectivity index (χ4n) is 2.01. The van der Waals surface area contributed by atoms with Crippen LogP contribution in [-0.4, -0.2) is 22.6 Å². The Kier molecular flexibility index (Phi) is 5.17. The maximum atomic E-state index is 10.8. The monoisotopic (exact) mass is 304 g/mol. The highest BCUT2D eigenvalue weighted by Gasteiger charge is 2.11. The summed E-state index contributed by atoms with van der Waals surface area (Å²) in [4.78, 5) is 17.1. The molecule has 0 amide bonds. The van der Waals surface area contributed by atoms with Crippen molar-refractivity contribution in [1.29, 1.82) is 0 Å². The Hall–Kier alpha value is -2.07. The first kappa shape index (κ1) is 15.3. The molecule has 0 aliphatic heterocycles. The number of benzene rings is 1. The fourth-order valence-corrected chi connectivity index (χ4v) is 2.13. The van der Waals surface area contributed by atoms with Crippen LogP contribution in [-0.2, 0) is 11.3 Å². The van der Waals surface area contributed by atoms with Crippen molar-refractivity contribution < 1.29 is 9.90 Å². The van der Waals surface area contributed by atoms with E-state index < -0.39 is 5.97 Å². The molecule has 0 fully saturated rings. The van der Waals surface area contributed by atoms with Gasteiger partial charge in [-0.25, -0.2) is 4.98 Å². The molecule has 110 valence electrons. The number of hydrogen-bond acceptors (Lipinski definition) is 3. The second-order valence-electron chi connectivity index (χ2n) is 4.88. The molecule has 4 nitrogen and oxygen atoms in total. The third-order valence-corrected chi connectivity index (χ3v) is 3.36. The van der Waals surface area contributed by atoms with Crippen LogP contribution in [0.2, 0.25) is 5.02 Å². The van der Waals surface area contributed by atoms with Gasteiger partial charge in [-0.15, -0.1) is 0 Å². The number of rotatable bonds is 6. The predicted molar refractivity (Wildman–Crippen MR) is 83.7 cm³/mol. The molecule has 0 saturated heterocycles. The van der Waals surface area contributed by atoms with Gasteiger partial charge in [-0.2, -0.15) is 0 Å². The zero-order chi connectivity index (χ0) is 15.2. The Morgan fingerprint density at radius 1 is 1.29 bits per heavy atom. The van der Waals surface area contributed by atoms with Gasteiger partial charge in [0.25, 0.3) is 0 Å². The van der Waals surface area contributed by atoms with E-state index in [9.17, 15) is 4.79 Å². The van der Waals surface area contributed by atoms with Gasteiger partial charge in [-0.3, -0.25) is 4.79 Å². The van der Waals surface area contributed by atoms with Crippen LogP contribution >= 0.6 is 11.6 Å². The number of pyridine rings is 1. The van der Waals surface area contributed by atoms with Crippen molar-refractivity contribution in [2.24, 2.45) is 0 Å². The van der Waals surface area contributed by atoms with Crippen molar-refractivity contribution in [1.82, 2.24) is 4.98 Å². The van der Waals surface area contributed by atoms with Crippen molar-refractivity contribution in [2.75, 3.05) is 11.4 Å². The first-order valence-electron chi connectivity index (χ1n) is 6.68. The van der Waals surface area contributed by atoms with Gasteiger partial charge in [-0.1, -0.05) is 23.7 Å². The van der Waals surface area contributed by atoms with E-state index in [4.69, 9.17) is 16.7 Å². The third kappa shape index (κ3) is 4.76. The SMILES string of the molecule is Cc1ccnc(N(CCC(=O)O)Cc2ccc(Cl)cc2)c1. The largest absolute Gasteiger partial charge is 0.481 e. The summed E-state index contributed by atoms with van der Waals surface area (Å²) >= 11 is 5.89. The molecular formula is C16H17ClN2O2. The molecule has 5 heteroatoms. The molecule has 1 aromatic heterocycles. The van der Waals surface area contributed by atoms with Crippen molar-refractivity contribution in [3.63, 3.8) is 0 Å². The van der Waals surface area contributed by atoms with Gasteiger partial charge in [0.15, 0.2) is 0 Å². The van der Waals surface area contributed by atoms with Crippen molar-refractivity contribution in [3.05, 3.63) is 58.7 Å². The molecule has 1 heterocycles. The lowest BCUT2D eigenvalue weighted by atomic mass is 10.2. The maximum absolute atomic E-state index is 10.8. The smallest absolute Gasteiger partial charge is 0.305 e. The van der Waals surface area contributed by atoms with Crippen LogP contribution in [0.25, 0.3) is 0 Å². The second kappa shape index (κ2) is 7.09. The van der Waals surface area contributed by atoms with Crippen LogP contribution < -0.4 is 4.90 Å². The Morgan fingerprint density at radius 2 is 2.00 bits per heavy atom. The summed E-state index contributed by atoms with van der Waals surface area (Å²) in [6.07, 6.45) is 1.81. The Balaban J connectivity index is 2.19. The molecule has 2 aromatic rings. The predicted octanol–water partition coefficient (Wildman–Crippen LogP) is 3.52. The van der Waals surface area contributed by atoms with Gasteiger partial charge in [0.2, 0.25) is 0 Å². The molecule has 0 aliphatic rings. The van der Waals surface area contributed by atoms with E-state index in [2.05, 4.69) is 4.98 Å². The normalized spacial score (nSPS) is 10.4. The number of carboxylic acids is 1. The number of aryl methyl sites for hydroxylation is 1. The van der Waals surface area contributed by atoms with E-state index in [1.807, 2.05) is 48.2 Å². The van der Waals surface area contributed by atoms with Crippen LogP contribution in [0.4, 0.5) is 5.82 Å². The average molecular weight is 305 g/mol. The van der Waals surface area contributed by atoms with Crippen molar-refractivity contribution in [3.8, 4) is 0 Å². The standard InChI is InChI=1S/C16H17ClN2O2/c1-12-6-8-18-15(10-12)19(9-7-16(20)21)11-13-2-4-14(17)5-3-13/h2-6,8,10H,7,9,11H2,1H3,(H,20,21). The van der Waals surface area contributed by atoms with E-state index in [1.165, 1.54) is 0 Å². The summed E-state index contributed by atoms with van der Waals surface area (Å²) in [6.45, 7) is 3.00. The number of nitrogens with zero attached hydrogens (tertiary/aromatic N) is 2. The lowest BCUT2D eigenvalue weighted by Crippen LogP contribution is -2.26. The molecule has 0 aliphatic carbocycles. The summed E-state index contributed by atoms with van der Waals surface area (Å²) in [5.74, 6) is -0.0324. The topological polar surface area (TPSA) is 53.4 Å².